The third-order valence-electron chi connectivity index (χ3n) is 3.19. The second-order valence-corrected chi connectivity index (χ2v) is 5.32. The van der Waals surface area contributed by atoms with Crippen molar-refractivity contribution in [1.29, 1.82) is 0 Å². The fourth-order valence-corrected chi connectivity index (χ4v) is 3.18. The lowest BCUT2D eigenvalue weighted by Gasteiger charge is -2.20. The van der Waals surface area contributed by atoms with Crippen molar-refractivity contribution in [3.8, 4) is 0 Å². The van der Waals surface area contributed by atoms with Gasteiger partial charge in [0.05, 0.1) is 12.0 Å². The van der Waals surface area contributed by atoms with E-state index in [-0.39, 0.29) is 11.5 Å². The smallest absolute Gasteiger partial charge is 0.259 e. The van der Waals surface area contributed by atoms with Crippen LogP contribution < -0.4 is 5.56 Å². The Kier molecular flexibility index (Phi) is 2.72. The molecule has 0 spiro atoms. The van der Waals surface area contributed by atoms with Crippen LogP contribution in [0.25, 0.3) is 10.2 Å². The van der Waals surface area contributed by atoms with Gasteiger partial charge in [-0.25, -0.2) is 4.98 Å². The van der Waals surface area contributed by atoms with Gasteiger partial charge in [0.2, 0.25) is 0 Å². The summed E-state index contributed by atoms with van der Waals surface area (Å²) in [5.74, 6) is 1.02. The molecule has 1 atom stereocenters. The lowest BCUT2D eigenvalue weighted by molar-refractivity contribution is 0.0781. The van der Waals surface area contributed by atoms with Crippen LogP contribution in [0.4, 0.5) is 0 Å². The van der Waals surface area contributed by atoms with Gasteiger partial charge < -0.3 is 9.72 Å². The summed E-state index contributed by atoms with van der Waals surface area (Å²) in [5.41, 5.74) is 0.986. The first-order valence-electron chi connectivity index (χ1n) is 5.81. The molecule has 5 heteroatoms. The van der Waals surface area contributed by atoms with Crippen molar-refractivity contribution in [3.05, 3.63) is 27.1 Å². The second kappa shape index (κ2) is 4.23. The second-order valence-electron chi connectivity index (χ2n) is 4.46. The molecule has 4 nitrogen and oxygen atoms in total. The topological polar surface area (TPSA) is 55.0 Å². The summed E-state index contributed by atoms with van der Waals surface area (Å²) in [7, 11) is 0. The zero-order valence-corrected chi connectivity index (χ0v) is 10.5. The van der Waals surface area contributed by atoms with Gasteiger partial charge in [0.15, 0.2) is 0 Å². The molecule has 1 N–H and O–H groups in total. The van der Waals surface area contributed by atoms with Gasteiger partial charge >= 0.3 is 0 Å². The first-order chi connectivity index (χ1) is 8.25. The fraction of sp³-hybridized carbons (Fsp3) is 0.500. The Labute approximate surface area is 103 Å². The van der Waals surface area contributed by atoms with Crippen molar-refractivity contribution in [2.45, 2.75) is 25.7 Å². The first-order valence-corrected chi connectivity index (χ1v) is 6.69. The van der Waals surface area contributed by atoms with Crippen molar-refractivity contribution in [3.63, 3.8) is 0 Å². The van der Waals surface area contributed by atoms with Gasteiger partial charge in [-0.1, -0.05) is 0 Å². The van der Waals surface area contributed by atoms with Crippen molar-refractivity contribution in [2.24, 2.45) is 0 Å². The van der Waals surface area contributed by atoms with Gasteiger partial charge in [0, 0.05) is 12.5 Å². The van der Waals surface area contributed by atoms with Gasteiger partial charge in [-0.05, 0) is 30.7 Å². The average molecular weight is 250 g/mol. The predicted octanol–water partition coefficient (Wildman–Crippen LogP) is 2.19. The summed E-state index contributed by atoms with van der Waals surface area (Å²) in [6.45, 7) is 3.43. The Balaban J connectivity index is 2.09. The van der Waals surface area contributed by atoms with E-state index in [0.717, 1.165) is 41.1 Å². The number of hydrogen-bond donors (Lipinski definition) is 1. The van der Waals surface area contributed by atoms with Crippen LogP contribution in [0.15, 0.2) is 10.2 Å². The van der Waals surface area contributed by atoms with Gasteiger partial charge in [-0.2, -0.15) is 0 Å². The summed E-state index contributed by atoms with van der Waals surface area (Å²) in [6.07, 6.45) is 2.08. The van der Waals surface area contributed by atoms with Crippen molar-refractivity contribution in [2.75, 3.05) is 13.2 Å². The van der Waals surface area contributed by atoms with Crippen molar-refractivity contribution >= 4 is 21.6 Å². The van der Waals surface area contributed by atoms with Crippen LogP contribution in [0.1, 0.15) is 30.1 Å². The fourth-order valence-electron chi connectivity index (χ4n) is 2.26. The van der Waals surface area contributed by atoms with Crippen molar-refractivity contribution in [1.82, 2.24) is 9.97 Å². The Morgan fingerprint density at radius 3 is 3.24 bits per heavy atom. The zero-order valence-electron chi connectivity index (χ0n) is 9.66. The molecule has 3 heterocycles. The molecule has 2 aromatic heterocycles. The molecule has 1 saturated heterocycles. The highest BCUT2D eigenvalue weighted by molar-refractivity contribution is 7.16. The van der Waals surface area contributed by atoms with Crippen LogP contribution >= 0.6 is 11.3 Å². The molecule has 0 radical (unpaired) electrons. The maximum Gasteiger partial charge on any atom is 0.259 e. The third-order valence-corrected chi connectivity index (χ3v) is 4.18. The number of H-pyrrole nitrogens is 1. The van der Waals surface area contributed by atoms with E-state index in [2.05, 4.69) is 9.97 Å². The molecule has 1 aliphatic rings. The molecule has 1 aliphatic heterocycles. The van der Waals surface area contributed by atoms with Gasteiger partial charge in [-0.15, -0.1) is 11.3 Å². The molecule has 0 saturated carbocycles. The molecular formula is C12H14N2O2S. The van der Waals surface area contributed by atoms with Crippen LogP contribution in [0, 0.1) is 6.92 Å². The number of nitrogens with zero attached hydrogens (tertiary/aromatic N) is 1. The summed E-state index contributed by atoms with van der Waals surface area (Å²) in [6, 6.07) is 0. The number of hydrogen-bond acceptors (Lipinski definition) is 4. The number of ether oxygens (including phenoxy) is 1. The number of nitrogens with one attached hydrogen (secondary N) is 1. The minimum absolute atomic E-state index is 0.0191. The number of fused-ring (bicyclic) bond motifs is 1. The average Bonchev–Trinajstić information content (AvgIpc) is 2.73. The quantitative estimate of drug-likeness (QED) is 0.844. The molecule has 2 aromatic rings. The van der Waals surface area contributed by atoms with Gasteiger partial charge in [-0.3, -0.25) is 4.79 Å². The lowest BCUT2D eigenvalue weighted by Crippen LogP contribution is -2.21. The lowest BCUT2D eigenvalue weighted by atomic mass is 10.0. The largest absolute Gasteiger partial charge is 0.381 e. The standard InChI is InChI=1S/C12H14N2O2S/c1-7-6-17-12-9(7)11(15)13-10(14-12)8-3-2-4-16-5-8/h6,8H,2-5H2,1H3,(H,13,14,15). The van der Waals surface area contributed by atoms with E-state index in [4.69, 9.17) is 4.74 Å². The molecule has 3 rings (SSSR count). The summed E-state index contributed by atoms with van der Waals surface area (Å²) < 4.78 is 5.44. The zero-order chi connectivity index (χ0) is 11.8. The maximum atomic E-state index is 12.0. The highest BCUT2D eigenvalue weighted by Gasteiger charge is 2.20. The van der Waals surface area contributed by atoms with Crippen LogP contribution in [-0.4, -0.2) is 23.2 Å². The van der Waals surface area contributed by atoms with Crippen LogP contribution in [0.5, 0.6) is 0 Å². The van der Waals surface area contributed by atoms with E-state index in [1.165, 1.54) is 11.3 Å². The Bertz CT molecular complexity index is 596. The number of aromatic amines is 1. The van der Waals surface area contributed by atoms with E-state index in [1.54, 1.807) is 0 Å². The van der Waals surface area contributed by atoms with Crippen LogP contribution in [-0.2, 0) is 4.74 Å². The SMILES string of the molecule is Cc1csc2nc(C3CCCOC3)[nH]c(=O)c12. The van der Waals surface area contributed by atoms with E-state index in [0.29, 0.717) is 6.61 Å². The molecule has 1 unspecified atom stereocenters. The van der Waals surface area contributed by atoms with E-state index >= 15 is 0 Å². The monoisotopic (exact) mass is 250 g/mol. The van der Waals surface area contributed by atoms with Crippen LogP contribution in [0.2, 0.25) is 0 Å². The summed E-state index contributed by atoms with van der Waals surface area (Å²) in [5, 5.41) is 2.71. The Morgan fingerprint density at radius 2 is 2.47 bits per heavy atom. The number of rotatable bonds is 1. The molecule has 0 amide bonds. The number of aryl methyl sites for hydroxylation is 1. The molecular weight excluding hydrogens is 236 g/mol. The molecule has 1 fully saturated rings. The number of thiophene rings is 1. The third kappa shape index (κ3) is 1.89. The molecule has 0 aliphatic carbocycles. The number of aromatic nitrogens is 2. The Morgan fingerprint density at radius 1 is 1.59 bits per heavy atom. The van der Waals surface area contributed by atoms with E-state index in [1.807, 2.05) is 12.3 Å². The first kappa shape index (κ1) is 10.9. The molecule has 0 aromatic carbocycles. The van der Waals surface area contributed by atoms with E-state index in [9.17, 15) is 4.79 Å². The highest BCUT2D eigenvalue weighted by atomic mass is 32.1. The highest BCUT2D eigenvalue weighted by Crippen LogP contribution is 2.25. The summed E-state index contributed by atoms with van der Waals surface area (Å²) >= 11 is 1.53. The summed E-state index contributed by atoms with van der Waals surface area (Å²) in [4.78, 5) is 20.3. The minimum atomic E-state index is -0.0191. The van der Waals surface area contributed by atoms with Gasteiger partial charge in [0.1, 0.15) is 10.7 Å². The van der Waals surface area contributed by atoms with Crippen LogP contribution in [0.3, 0.4) is 0 Å². The van der Waals surface area contributed by atoms with E-state index < -0.39 is 0 Å². The maximum absolute atomic E-state index is 12.0. The minimum Gasteiger partial charge on any atom is -0.381 e. The normalized spacial score (nSPS) is 20.9. The Hall–Kier alpha value is -1.20. The van der Waals surface area contributed by atoms with Gasteiger partial charge in [0.25, 0.3) is 5.56 Å². The molecule has 90 valence electrons. The molecule has 0 bridgehead atoms. The van der Waals surface area contributed by atoms with Crippen molar-refractivity contribution < 1.29 is 4.74 Å². The predicted molar refractivity (Wildman–Crippen MR) is 67.8 cm³/mol. The molecule has 17 heavy (non-hydrogen) atoms.